The summed E-state index contributed by atoms with van der Waals surface area (Å²) in [4.78, 5) is 6.68. The summed E-state index contributed by atoms with van der Waals surface area (Å²) in [6.07, 6.45) is 3.69. The molecule has 0 bridgehead atoms. The van der Waals surface area contributed by atoms with E-state index in [2.05, 4.69) is 9.97 Å². The minimum absolute atomic E-state index is 0.0857. The molecular weight excluding hydrogens is 591 g/mol. The summed E-state index contributed by atoms with van der Waals surface area (Å²) in [5.41, 5.74) is 3.88. The second-order valence-corrected chi connectivity index (χ2v) is 12.6. The van der Waals surface area contributed by atoms with Gasteiger partial charge >= 0.3 is 7.60 Å². The zero-order chi connectivity index (χ0) is 31.4. The molecule has 0 aliphatic carbocycles. The first-order valence-electron chi connectivity index (χ1n) is 14.4. The molecule has 10 heteroatoms. The second kappa shape index (κ2) is 13.1. The van der Waals surface area contributed by atoms with Crippen LogP contribution in [0.2, 0.25) is 0 Å². The van der Waals surface area contributed by atoms with E-state index >= 15 is 4.57 Å². The van der Waals surface area contributed by atoms with Gasteiger partial charge in [0.2, 0.25) is 0 Å². The Hall–Kier alpha value is -4.69. The summed E-state index contributed by atoms with van der Waals surface area (Å²) in [7, 11) is 2.34. The SMILES string of the molecule is COc1cc2[nH]cc(C(c3c[nH]c4cc(OC)c(OC)cc34)P(=O)(OCc3ccccc3)OCc3ccccc3)c2cc1OC. The number of ether oxygens (including phenoxy) is 4. The van der Waals surface area contributed by atoms with Gasteiger partial charge in [-0.15, -0.1) is 0 Å². The molecule has 0 aliphatic rings. The number of aromatic amines is 2. The van der Waals surface area contributed by atoms with Gasteiger partial charge in [-0.3, -0.25) is 4.57 Å². The lowest BCUT2D eigenvalue weighted by Gasteiger charge is -2.27. The van der Waals surface area contributed by atoms with Gasteiger partial charge in [-0.2, -0.15) is 0 Å². The molecule has 232 valence electrons. The lowest BCUT2D eigenvalue weighted by atomic mass is 10.0. The Morgan fingerprint density at radius 3 is 1.33 bits per heavy atom. The molecule has 6 aromatic rings. The fourth-order valence-corrected chi connectivity index (χ4v) is 7.70. The van der Waals surface area contributed by atoms with Crippen LogP contribution in [0.4, 0.5) is 0 Å². The van der Waals surface area contributed by atoms with E-state index in [1.54, 1.807) is 28.4 Å². The average molecular weight is 627 g/mol. The summed E-state index contributed by atoms with van der Waals surface area (Å²) in [5.74, 6) is 2.23. The number of nitrogens with one attached hydrogen (secondary N) is 2. The number of benzene rings is 4. The number of rotatable bonds is 13. The van der Waals surface area contributed by atoms with E-state index in [-0.39, 0.29) is 13.2 Å². The standard InChI is InChI=1S/C35H35N2O7P/c1-39-31-15-25-27(19-36-29(25)17-33(31)41-3)35(28-20-37-30-18-34(42-4)32(40-2)16-26(28)30)45(38,43-21-23-11-7-5-8-12-23)44-22-24-13-9-6-10-14-24/h5-20,35-37H,21-22H2,1-4H3. The molecule has 0 atom stereocenters. The zero-order valence-electron chi connectivity index (χ0n) is 25.5. The van der Waals surface area contributed by atoms with Crippen molar-refractivity contribution in [3.8, 4) is 23.0 Å². The summed E-state index contributed by atoms with van der Waals surface area (Å²) in [5, 5.41) is 1.58. The maximum absolute atomic E-state index is 15.5. The molecule has 6 rings (SSSR count). The highest BCUT2D eigenvalue weighted by Crippen LogP contribution is 2.66. The highest BCUT2D eigenvalue weighted by atomic mass is 31.2. The van der Waals surface area contributed by atoms with Crippen LogP contribution in [0.25, 0.3) is 21.8 Å². The monoisotopic (exact) mass is 626 g/mol. The van der Waals surface area contributed by atoms with E-state index in [1.165, 1.54) is 0 Å². The predicted octanol–water partition coefficient (Wildman–Crippen LogP) is 8.40. The Labute approximate surface area is 261 Å². The van der Waals surface area contributed by atoms with Gasteiger partial charge in [0.1, 0.15) is 5.66 Å². The molecule has 0 saturated carbocycles. The molecule has 0 amide bonds. The smallest absolute Gasteiger partial charge is 0.343 e. The van der Waals surface area contributed by atoms with Crippen LogP contribution in [0.5, 0.6) is 23.0 Å². The highest BCUT2D eigenvalue weighted by Gasteiger charge is 2.42. The van der Waals surface area contributed by atoms with Crippen LogP contribution in [-0.4, -0.2) is 38.4 Å². The molecule has 0 saturated heterocycles. The minimum atomic E-state index is -4.02. The van der Waals surface area contributed by atoms with Crippen molar-refractivity contribution in [3.63, 3.8) is 0 Å². The third-order valence-corrected chi connectivity index (χ3v) is 10.0. The van der Waals surface area contributed by atoms with Crippen LogP contribution in [0, 0.1) is 0 Å². The normalized spacial score (nSPS) is 11.8. The van der Waals surface area contributed by atoms with Crippen molar-refractivity contribution >= 4 is 29.4 Å². The maximum atomic E-state index is 15.5. The second-order valence-electron chi connectivity index (χ2n) is 10.5. The highest BCUT2D eigenvalue weighted by molar-refractivity contribution is 7.54. The average Bonchev–Trinajstić information content (AvgIpc) is 3.69. The first kappa shape index (κ1) is 30.3. The fraction of sp³-hybridized carbons (Fsp3) is 0.200. The van der Waals surface area contributed by atoms with Crippen molar-refractivity contribution in [1.82, 2.24) is 9.97 Å². The number of hydrogen-bond donors (Lipinski definition) is 2. The molecule has 2 aromatic heterocycles. The largest absolute Gasteiger partial charge is 0.493 e. The van der Waals surface area contributed by atoms with E-state index in [4.69, 9.17) is 28.0 Å². The van der Waals surface area contributed by atoms with Gasteiger partial charge in [0.25, 0.3) is 0 Å². The molecule has 45 heavy (non-hydrogen) atoms. The lowest BCUT2D eigenvalue weighted by molar-refractivity contribution is 0.186. The Balaban J connectivity index is 1.57. The number of aromatic nitrogens is 2. The minimum Gasteiger partial charge on any atom is -0.493 e. The number of hydrogen-bond acceptors (Lipinski definition) is 7. The number of fused-ring (bicyclic) bond motifs is 2. The first-order chi connectivity index (χ1) is 22.0. The van der Waals surface area contributed by atoms with Crippen molar-refractivity contribution in [3.05, 3.63) is 120 Å². The molecule has 0 radical (unpaired) electrons. The van der Waals surface area contributed by atoms with E-state index in [0.29, 0.717) is 34.1 Å². The molecule has 0 spiro atoms. The summed E-state index contributed by atoms with van der Waals surface area (Å²) in [6, 6.07) is 26.8. The van der Waals surface area contributed by atoms with Crippen molar-refractivity contribution in [2.45, 2.75) is 18.9 Å². The zero-order valence-corrected chi connectivity index (χ0v) is 26.4. The molecular formula is C35H35N2O7P. The van der Waals surface area contributed by atoms with E-state index in [9.17, 15) is 0 Å². The quantitative estimate of drug-likeness (QED) is 0.124. The molecule has 0 fully saturated rings. The third kappa shape index (κ3) is 6.02. The molecule has 2 N–H and O–H groups in total. The van der Waals surface area contributed by atoms with Gasteiger partial charge < -0.3 is 38.0 Å². The molecule has 9 nitrogen and oxygen atoms in total. The van der Waals surface area contributed by atoms with Crippen molar-refractivity contribution < 1.29 is 32.6 Å². The van der Waals surface area contributed by atoms with E-state index in [0.717, 1.165) is 32.9 Å². The lowest BCUT2D eigenvalue weighted by Crippen LogP contribution is -2.09. The summed E-state index contributed by atoms with van der Waals surface area (Å²) < 4.78 is 50.8. The first-order valence-corrected chi connectivity index (χ1v) is 16.0. The van der Waals surface area contributed by atoms with Gasteiger partial charge in [0.15, 0.2) is 23.0 Å². The van der Waals surface area contributed by atoms with Gasteiger partial charge in [-0.05, 0) is 34.4 Å². The van der Waals surface area contributed by atoms with E-state index < -0.39 is 13.3 Å². The Bertz CT molecular complexity index is 1820. The van der Waals surface area contributed by atoms with Crippen LogP contribution in [-0.2, 0) is 26.8 Å². The van der Waals surface area contributed by atoms with Crippen LogP contribution in [0.15, 0.2) is 97.3 Å². The fourth-order valence-electron chi connectivity index (χ4n) is 5.57. The van der Waals surface area contributed by atoms with Gasteiger partial charge in [-0.1, -0.05) is 60.7 Å². The van der Waals surface area contributed by atoms with E-state index in [1.807, 2.05) is 97.3 Å². The maximum Gasteiger partial charge on any atom is 0.343 e. The summed E-state index contributed by atoms with van der Waals surface area (Å²) in [6.45, 7) is 0.171. The molecule has 0 aliphatic heterocycles. The number of methoxy groups -OCH3 is 4. The van der Waals surface area contributed by atoms with Crippen LogP contribution >= 0.6 is 7.60 Å². The Morgan fingerprint density at radius 1 is 0.578 bits per heavy atom. The van der Waals surface area contributed by atoms with Gasteiger partial charge in [-0.25, -0.2) is 0 Å². The summed E-state index contributed by atoms with van der Waals surface area (Å²) >= 11 is 0. The third-order valence-electron chi connectivity index (χ3n) is 7.85. The Kier molecular flexibility index (Phi) is 8.85. The Morgan fingerprint density at radius 2 is 0.956 bits per heavy atom. The van der Waals surface area contributed by atoms with Crippen molar-refractivity contribution in [1.29, 1.82) is 0 Å². The number of H-pyrrole nitrogens is 2. The van der Waals surface area contributed by atoms with Crippen LogP contribution in [0.1, 0.15) is 27.9 Å². The van der Waals surface area contributed by atoms with Crippen LogP contribution in [0.3, 0.4) is 0 Å². The topological polar surface area (TPSA) is 104 Å². The molecule has 4 aromatic carbocycles. The predicted molar refractivity (Wildman–Crippen MR) is 175 cm³/mol. The molecule has 2 heterocycles. The van der Waals surface area contributed by atoms with Gasteiger partial charge in [0.05, 0.1) is 41.7 Å². The molecule has 0 unspecified atom stereocenters. The van der Waals surface area contributed by atoms with Crippen LogP contribution < -0.4 is 18.9 Å². The van der Waals surface area contributed by atoms with Gasteiger partial charge in [0, 0.05) is 46.3 Å². The van der Waals surface area contributed by atoms with Crippen molar-refractivity contribution in [2.75, 3.05) is 28.4 Å². The van der Waals surface area contributed by atoms with Crippen molar-refractivity contribution in [2.24, 2.45) is 0 Å².